The van der Waals surface area contributed by atoms with E-state index in [1.165, 1.54) is 0 Å². The zero-order chi connectivity index (χ0) is 15.3. The molecule has 0 aliphatic carbocycles. The lowest BCUT2D eigenvalue weighted by Gasteiger charge is -2.23. The van der Waals surface area contributed by atoms with E-state index in [0.29, 0.717) is 18.9 Å². The van der Waals surface area contributed by atoms with E-state index in [-0.39, 0.29) is 11.5 Å². The summed E-state index contributed by atoms with van der Waals surface area (Å²) in [5.41, 5.74) is 1.14. The van der Waals surface area contributed by atoms with E-state index < -0.39 is 9.84 Å². The predicted molar refractivity (Wildman–Crippen MR) is 86.3 cm³/mol. The maximum atomic E-state index is 11.7. The maximum Gasteiger partial charge on any atom is 0.152 e. The number of sulfone groups is 1. The molecule has 0 bridgehead atoms. The lowest BCUT2D eigenvalue weighted by Crippen LogP contribution is -2.29. The molecule has 1 aliphatic rings. The Morgan fingerprint density at radius 2 is 2.14 bits per heavy atom. The van der Waals surface area contributed by atoms with Crippen LogP contribution in [0.2, 0.25) is 0 Å². The molecule has 0 saturated carbocycles. The van der Waals surface area contributed by atoms with Crippen LogP contribution < -0.4 is 10.2 Å². The molecule has 0 unspecified atom stereocenters. The summed E-state index contributed by atoms with van der Waals surface area (Å²) in [6.45, 7) is 7.38. The molecular weight excluding hydrogens is 286 g/mol. The molecule has 2 heterocycles. The van der Waals surface area contributed by atoms with Crippen molar-refractivity contribution < 1.29 is 8.42 Å². The van der Waals surface area contributed by atoms with Gasteiger partial charge in [0.1, 0.15) is 5.82 Å². The van der Waals surface area contributed by atoms with E-state index in [4.69, 9.17) is 0 Å². The van der Waals surface area contributed by atoms with Crippen molar-refractivity contribution in [2.45, 2.75) is 26.8 Å². The van der Waals surface area contributed by atoms with Crippen LogP contribution in [-0.2, 0) is 16.4 Å². The Morgan fingerprint density at radius 1 is 1.33 bits per heavy atom. The lowest BCUT2D eigenvalue weighted by atomic mass is 10.2. The second-order valence-corrected chi connectivity index (χ2v) is 8.31. The molecule has 1 saturated heterocycles. The van der Waals surface area contributed by atoms with Gasteiger partial charge in [-0.15, -0.1) is 0 Å². The average Bonchev–Trinajstić information content (AvgIpc) is 2.60. The van der Waals surface area contributed by atoms with Crippen molar-refractivity contribution in [2.24, 2.45) is 5.92 Å². The summed E-state index contributed by atoms with van der Waals surface area (Å²) >= 11 is 0. The summed E-state index contributed by atoms with van der Waals surface area (Å²) in [6.07, 6.45) is 2.46. The monoisotopic (exact) mass is 311 g/mol. The van der Waals surface area contributed by atoms with Gasteiger partial charge < -0.3 is 10.2 Å². The minimum Gasteiger partial charge on any atom is -0.355 e. The van der Waals surface area contributed by atoms with Crippen LogP contribution in [0.25, 0.3) is 0 Å². The third-order valence-electron chi connectivity index (χ3n) is 3.59. The molecule has 0 atom stereocenters. The van der Waals surface area contributed by atoms with E-state index >= 15 is 0 Å². The van der Waals surface area contributed by atoms with E-state index in [0.717, 1.165) is 31.0 Å². The summed E-state index contributed by atoms with van der Waals surface area (Å²) in [5.74, 6) is 2.04. The van der Waals surface area contributed by atoms with Gasteiger partial charge in [0.2, 0.25) is 0 Å². The first-order valence-electron chi connectivity index (χ1n) is 7.58. The van der Waals surface area contributed by atoms with Crippen LogP contribution in [0.5, 0.6) is 0 Å². The van der Waals surface area contributed by atoms with Crippen molar-refractivity contribution in [1.29, 1.82) is 0 Å². The third-order valence-corrected chi connectivity index (χ3v) is 5.31. The Balaban J connectivity index is 2.08. The van der Waals surface area contributed by atoms with Gasteiger partial charge in [0.05, 0.1) is 11.5 Å². The standard InChI is InChI=1S/C15H25N3O2S/c1-13(2)11-16-12-14-5-3-6-17-15(14)18-7-4-9-21(19,20)10-8-18/h3,5-6,13,16H,4,7-12H2,1-2H3. The molecule has 2 rings (SSSR count). The summed E-state index contributed by atoms with van der Waals surface area (Å²) in [6, 6.07) is 4.00. The van der Waals surface area contributed by atoms with Crippen molar-refractivity contribution >= 4 is 15.7 Å². The van der Waals surface area contributed by atoms with Crippen LogP contribution in [0.1, 0.15) is 25.8 Å². The molecule has 1 aromatic rings. The number of nitrogens with one attached hydrogen (secondary N) is 1. The summed E-state index contributed by atoms with van der Waals surface area (Å²) in [7, 11) is -2.89. The zero-order valence-electron chi connectivity index (χ0n) is 12.9. The fourth-order valence-corrected chi connectivity index (χ4v) is 3.77. The van der Waals surface area contributed by atoms with Gasteiger partial charge in [-0.2, -0.15) is 0 Å². The summed E-state index contributed by atoms with van der Waals surface area (Å²) < 4.78 is 23.4. The molecule has 6 heteroatoms. The first kappa shape index (κ1) is 16.2. The second-order valence-electron chi connectivity index (χ2n) is 6.00. The van der Waals surface area contributed by atoms with Crippen LogP contribution in [0.3, 0.4) is 0 Å². The molecular formula is C15H25N3O2S. The number of rotatable bonds is 5. The number of hydrogen-bond acceptors (Lipinski definition) is 5. The van der Waals surface area contributed by atoms with Crippen molar-refractivity contribution in [2.75, 3.05) is 36.0 Å². The normalized spacial score (nSPS) is 18.7. The molecule has 0 aromatic carbocycles. The van der Waals surface area contributed by atoms with Crippen LogP contribution in [0.4, 0.5) is 5.82 Å². The fourth-order valence-electron chi connectivity index (χ4n) is 2.50. The number of anilines is 1. The zero-order valence-corrected chi connectivity index (χ0v) is 13.7. The van der Waals surface area contributed by atoms with Crippen LogP contribution in [0, 0.1) is 5.92 Å². The molecule has 1 aliphatic heterocycles. The molecule has 1 aromatic heterocycles. The molecule has 21 heavy (non-hydrogen) atoms. The highest BCUT2D eigenvalue weighted by Crippen LogP contribution is 2.19. The largest absolute Gasteiger partial charge is 0.355 e. The lowest BCUT2D eigenvalue weighted by molar-refractivity contribution is 0.551. The number of aromatic nitrogens is 1. The van der Waals surface area contributed by atoms with Gasteiger partial charge in [0.15, 0.2) is 9.84 Å². The Bertz CT molecular complexity index is 558. The van der Waals surface area contributed by atoms with Gasteiger partial charge in [-0.05, 0) is 24.9 Å². The predicted octanol–water partition coefficient (Wildman–Crippen LogP) is 1.45. The van der Waals surface area contributed by atoms with Crippen molar-refractivity contribution in [3.8, 4) is 0 Å². The quantitative estimate of drug-likeness (QED) is 0.892. The molecule has 0 amide bonds. The Labute approximate surface area is 127 Å². The van der Waals surface area contributed by atoms with Gasteiger partial charge in [-0.3, -0.25) is 0 Å². The van der Waals surface area contributed by atoms with Gasteiger partial charge in [-0.1, -0.05) is 19.9 Å². The SMILES string of the molecule is CC(C)CNCc1cccnc1N1CCCS(=O)(=O)CC1. The highest BCUT2D eigenvalue weighted by Gasteiger charge is 2.21. The van der Waals surface area contributed by atoms with Crippen LogP contribution >= 0.6 is 0 Å². The van der Waals surface area contributed by atoms with E-state index in [1.807, 2.05) is 6.07 Å². The van der Waals surface area contributed by atoms with Crippen molar-refractivity contribution in [3.05, 3.63) is 23.9 Å². The Hall–Kier alpha value is -1.14. The molecule has 1 fully saturated rings. The van der Waals surface area contributed by atoms with Crippen LogP contribution in [-0.4, -0.2) is 44.5 Å². The number of hydrogen-bond donors (Lipinski definition) is 1. The molecule has 0 radical (unpaired) electrons. The Kier molecular flexibility index (Phi) is 5.58. The van der Waals surface area contributed by atoms with Gasteiger partial charge in [0.25, 0.3) is 0 Å². The van der Waals surface area contributed by atoms with Gasteiger partial charge >= 0.3 is 0 Å². The number of nitrogens with zero attached hydrogens (tertiary/aromatic N) is 2. The average molecular weight is 311 g/mol. The van der Waals surface area contributed by atoms with Gasteiger partial charge in [0, 0.05) is 31.4 Å². The smallest absolute Gasteiger partial charge is 0.152 e. The molecule has 0 spiro atoms. The summed E-state index contributed by atoms with van der Waals surface area (Å²) in [5, 5.41) is 3.43. The molecule has 1 N–H and O–H groups in total. The third kappa shape index (κ3) is 4.97. The topological polar surface area (TPSA) is 62.3 Å². The highest BCUT2D eigenvalue weighted by atomic mass is 32.2. The van der Waals surface area contributed by atoms with E-state index in [9.17, 15) is 8.42 Å². The minimum absolute atomic E-state index is 0.225. The van der Waals surface area contributed by atoms with Gasteiger partial charge in [-0.25, -0.2) is 13.4 Å². The maximum absolute atomic E-state index is 11.7. The van der Waals surface area contributed by atoms with Crippen molar-refractivity contribution in [1.82, 2.24) is 10.3 Å². The second kappa shape index (κ2) is 7.22. The highest BCUT2D eigenvalue weighted by molar-refractivity contribution is 7.91. The first-order valence-corrected chi connectivity index (χ1v) is 9.40. The van der Waals surface area contributed by atoms with Crippen molar-refractivity contribution in [3.63, 3.8) is 0 Å². The van der Waals surface area contributed by atoms with E-state index in [1.54, 1.807) is 6.20 Å². The molecule has 118 valence electrons. The number of pyridine rings is 1. The van der Waals surface area contributed by atoms with E-state index in [2.05, 4.69) is 35.1 Å². The Morgan fingerprint density at radius 3 is 2.90 bits per heavy atom. The van der Waals surface area contributed by atoms with Crippen LogP contribution in [0.15, 0.2) is 18.3 Å². The summed E-state index contributed by atoms with van der Waals surface area (Å²) in [4.78, 5) is 6.59. The molecule has 5 nitrogen and oxygen atoms in total. The fraction of sp³-hybridized carbons (Fsp3) is 0.667. The first-order chi connectivity index (χ1) is 9.98. The minimum atomic E-state index is -2.89.